The van der Waals surface area contributed by atoms with Crippen LogP contribution in [0.25, 0.3) is 32.7 Å². The zero-order chi connectivity index (χ0) is 17.8. The van der Waals surface area contributed by atoms with E-state index in [1.54, 1.807) is 48.5 Å². The molecular formula is C19H11Cl2N3O. The SMILES string of the molecule is [N-]=[N+]=NC(=O)c1c(-c2cccc(Cl)c2)cccc1-c1cccc(Cl)c1. The van der Waals surface area contributed by atoms with Crippen molar-refractivity contribution in [3.63, 3.8) is 0 Å². The van der Waals surface area contributed by atoms with Gasteiger partial charge in [-0.1, -0.05) is 65.7 Å². The highest BCUT2D eigenvalue weighted by Gasteiger charge is 2.18. The monoisotopic (exact) mass is 367 g/mol. The molecule has 0 aliphatic carbocycles. The number of nitrogens with zero attached hydrogens (tertiary/aromatic N) is 3. The number of benzene rings is 3. The number of carbonyl (C=O) groups is 1. The lowest BCUT2D eigenvalue weighted by atomic mass is 9.91. The van der Waals surface area contributed by atoms with Gasteiger partial charge < -0.3 is 0 Å². The predicted octanol–water partition coefficient (Wildman–Crippen LogP) is 6.78. The van der Waals surface area contributed by atoms with Crippen LogP contribution in [0.2, 0.25) is 10.0 Å². The fourth-order valence-electron chi connectivity index (χ4n) is 2.67. The highest BCUT2D eigenvalue weighted by Crippen LogP contribution is 2.34. The molecule has 0 N–H and O–H groups in total. The molecule has 1 amide bonds. The summed E-state index contributed by atoms with van der Waals surface area (Å²) in [5.74, 6) is -0.659. The summed E-state index contributed by atoms with van der Waals surface area (Å²) in [6.45, 7) is 0. The van der Waals surface area contributed by atoms with Crippen LogP contribution < -0.4 is 0 Å². The molecule has 0 saturated carbocycles. The third-order valence-corrected chi connectivity index (χ3v) is 4.16. The molecule has 0 atom stereocenters. The molecule has 122 valence electrons. The van der Waals surface area contributed by atoms with E-state index >= 15 is 0 Å². The Hall–Kier alpha value is -2.78. The van der Waals surface area contributed by atoms with Gasteiger partial charge in [-0.05, 0) is 57.2 Å². The Labute approximate surface area is 154 Å². The molecule has 4 nitrogen and oxygen atoms in total. The minimum atomic E-state index is -0.659. The van der Waals surface area contributed by atoms with Crippen LogP contribution in [0.5, 0.6) is 0 Å². The second-order valence-corrected chi connectivity index (χ2v) is 6.12. The van der Waals surface area contributed by atoms with Crippen molar-refractivity contribution in [2.45, 2.75) is 0 Å². The molecular weight excluding hydrogens is 357 g/mol. The fourth-order valence-corrected chi connectivity index (χ4v) is 3.05. The lowest BCUT2D eigenvalue weighted by molar-refractivity contribution is 0.100. The van der Waals surface area contributed by atoms with Gasteiger partial charge in [0.15, 0.2) is 0 Å². The number of hydrogen-bond acceptors (Lipinski definition) is 1. The fraction of sp³-hybridized carbons (Fsp3) is 0. The summed E-state index contributed by atoms with van der Waals surface area (Å²) in [5.41, 5.74) is 11.8. The largest absolute Gasteiger partial charge is 0.287 e. The Morgan fingerprint density at radius 1 is 0.840 bits per heavy atom. The number of halogens is 2. The number of rotatable bonds is 3. The quantitative estimate of drug-likeness (QED) is 0.285. The van der Waals surface area contributed by atoms with Crippen LogP contribution >= 0.6 is 23.2 Å². The van der Waals surface area contributed by atoms with E-state index in [0.717, 1.165) is 11.1 Å². The first kappa shape index (κ1) is 17.1. The molecule has 0 saturated heterocycles. The van der Waals surface area contributed by atoms with Crippen LogP contribution in [-0.2, 0) is 0 Å². The molecule has 0 fully saturated rings. The van der Waals surface area contributed by atoms with Gasteiger partial charge >= 0.3 is 0 Å². The van der Waals surface area contributed by atoms with Crippen molar-refractivity contribution >= 4 is 29.1 Å². The summed E-state index contributed by atoms with van der Waals surface area (Å²) in [6.07, 6.45) is 0. The lowest BCUT2D eigenvalue weighted by Gasteiger charge is -2.13. The first-order valence-electron chi connectivity index (χ1n) is 7.34. The van der Waals surface area contributed by atoms with E-state index in [4.69, 9.17) is 28.7 Å². The second-order valence-electron chi connectivity index (χ2n) is 5.24. The smallest absolute Gasteiger partial charge is 0.250 e. The van der Waals surface area contributed by atoms with E-state index in [9.17, 15) is 4.79 Å². The van der Waals surface area contributed by atoms with E-state index in [-0.39, 0.29) is 0 Å². The van der Waals surface area contributed by atoms with E-state index in [0.29, 0.717) is 26.7 Å². The summed E-state index contributed by atoms with van der Waals surface area (Å²) >= 11 is 12.2. The van der Waals surface area contributed by atoms with E-state index < -0.39 is 5.91 Å². The molecule has 6 heteroatoms. The molecule has 0 unspecified atom stereocenters. The van der Waals surface area contributed by atoms with Crippen molar-refractivity contribution in [1.82, 2.24) is 0 Å². The van der Waals surface area contributed by atoms with Crippen molar-refractivity contribution in [3.05, 3.63) is 92.8 Å². The van der Waals surface area contributed by atoms with E-state index in [1.165, 1.54) is 0 Å². The van der Waals surface area contributed by atoms with Gasteiger partial charge in [-0.2, -0.15) is 0 Å². The Balaban J connectivity index is 2.31. The van der Waals surface area contributed by atoms with Crippen molar-refractivity contribution in [2.24, 2.45) is 5.11 Å². The van der Waals surface area contributed by atoms with Gasteiger partial charge in [-0.25, -0.2) is 0 Å². The standard InChI is InChI=1S/C19H11Cl2N3O/c20-14-6-1-4-12(10-14)16-8-3-9-17(18(16)19(25)23-24-22)13-5-2-7-15(21)11-13/h1-11H. The molecule has 0 radical (unpaired) electrons. The molecule has 0 aliphatic rings. The third kappa shape index (κ3) is 3.67. The molecule has 0 spiro atoms. The molecule has 0 heterocycles. The Morgan fingerprint density at radius 2 is 1.32 bits per heavy atom. The maximum Gasteiger partial charge on any atom is 0.250 e. The van der Waals surface area contributed by atoms with Crippen molar-refractivity contribution in [1.29, 1.82) is 0 Å². The van der Waals surface area contributed by atoms with Crippen LogP contribution in [0.1, 0.15) is 10.4 Å². The maximum absolute atomic E-state index is 12.5. The summed E-state index contributed by atoms with van der Waals surface area (Å²) in [5, 5.41) is 4.39. The molecule has 0 aliphatic heterocycles. The molecule has 0 bridgehead atoms. The normalized spacial score (nSPS) is 10.2. The van der Waals surface area contributed by atoms with E-state index in [1.807, 2.05) is 18.2 Å². The number of azide groups is 1. The minimum Gasteiger partial charge on any atom is -0.287 e. The summed E-state index contributed by atoms with van der Waals surface area (Å²) in [7, 11) is 0. The first-order valence-corrected chi connectivity index (χ1v) is 8.10. The number of hydrogen-bond donors (Lipinski definition) is 0. The van der Waals surface area contributed by atoms with Crippen LogP contribution in [-0.4, -0.2) is 5.91 Å². The minimum absolute atomic E-state index is 0.310. The van der Waals surface area contributed by atoms with Crippen LogP contribution in [0.4, 0.5) is 0 Å². The van der Waals surface area contributed by atoms with Crippen LogP contribution in [0.3, 0.4) is 0 Å². The van der Waals surface area contributed by atoms with Crippen molar-refractivity contribution < 1.29 is 4.79 Å². The second kappa shape index (κ2) is 7.41. The summed E-state index contributed by atoms with van der Waals surface area (Å²) in [4.78, 5) is 15.2. The van der Waals surface area contributed by atoms with Gasteiger partial charge in [0.1, 0.15) is 0 Å². The van der Waals surface area contributed by atoms with Crippen molar-refractivity contribution in [2.75, 3.05) is 0 Å². The lowest BCUT2D eigenvalue weighted by Crippen LogP contribution is -2.01. The predicted molar refractivity (Wildman–Crippen MR) is 101 cm³/mol. The maximum atomic E-state index is 12.5. The van der Waals surface area contributed by atoms with Crippen LogP contribution in [0.15, 0.2) is 71.8 Å². The van der Waals surface area contributed by atoms with Gasteiger partial charge in [0.2, 0.25) is 5.91 Å². The summed E-state index contributed by atoms with van der Waals surface area (Å²) in [6, 6.07) is 19.7. The van der Waals surface area contributed by atoms with Gasteiger partial charge in [0, 0.05) is 20.5 Å². The number of carbonyl (C=O) groups excluding carboxylic acids is 1. The third-order valence-electron chi connectivity index (χ3n) is 3.69. The zero-order valence-corrected chi connectivity index (χ0v) is 14.4. The average Bonchev–Trinajstić information content (AvgIpc) is 2.61. The summed E-state index contributed by atoms with van der Waals surface area (Å²) < 4.78 is 0. The molecule has 3 rings (SSSR count). The Morgan fingerprint density at radius 3 is 1.76 bits per heavy atom. The highest BCUT2D eigenvalue weighted by molar-refractivity contribution is 6.31. The van der Waals surface area contributed by atoms with Gasteiger partial charge in [0.05, 0.1) is 0 Å². The Bertz CT molecular complexity index is 947. The number of amides is 1. The molecule has 0 aromatic heterocycles. The Kier molecular flexibility index (Phi) is 5.05. The van der Waals surface area contributed by atoms with E-state index in [2.05, 4.69) is 10.0 Å². The molecule has 25 heavy (non-hydrogen) atoms. The molecule has 3 aromatic rings. The van der Waals surface area contributed by atoms with Gasteiger partial charge in [0.25, 0.3) is 0 Å². The van der Waals surface area contributed by atoms with Crippen molar-refractivity contribution in [3.8, 4) is 22.3 Å². The van der Waals surface area contributed by atoms with Gasteiger partial charge in [-0.3, -0.25) is 4.79 Å². The van der Waals surface area contributed by atoms with Gasteiger partial charge in [-0.15, -0.1) is 0 Å². The zero-order valence-electron chi connectivity index (χ0n) is 12.9. The van der Waals surface area contributed by atoms with Crippen LogP contribution in [0, 0.1) is 0 Å². The molecule has 3 aromatic carbocycles. The topological polar surface area (TPSA) is 65.8 Å². The average molecular weight is 368 g/mol. The highest BCUT2D eigenvalue weighted by atomic mass is 35.5. The first-order chi connectivity index (χ1) is 12.1.